The van der Waals surface area contributed by atoms with Gasteiger partial charge in [0.25, 0.3) is 0 Å². The summed E-state index contributed by atoms with van der Waals surface area (Å²) >= 11 is 7.67. The molecule has 6 rings (SSSR count). The van der Waals surface area contributed by atoms with E-state index in [1.165, 1.54) is 11.3 Å². The first-order valence-electron chi connectivity index (χ1n) is 14.0. The highest BCUT2D eigenvalue weighted by Gasteiger charge is 2.20. The van der Waals surface area contributed by atoms with Gasteiger partial charge in [0.1, 0.15) is 5.01 Å². The van der Waals surface area contributed by atoms with Gasteiger partial charge < -0.3 is 10.2 Å². The summed E-state index contributed by atoms with van der Waals surface area (Å²) in [5.74, 6) is -0.885. The van der Waals surface area contributed by atoms with Gasteiger partial charge in [-0.15, -0.1) is 11.3 Å². The number of nitrogens with zero attached hydrogens (tertiary/aromatic N) is 4. The third-order valence-corrected chi connectivity index (χ3v) is 8.44. The van der Waals surface area contributed by atoms with Crippen LogP contribution in [0, 0.1) is 6.92 Å². The number of hydrogen-bond acceptors (Lipinski definition) is 6. The summed E-state index contributed by atoms with van der Waals surface area (Å²) in [7, 11) is 3.52. The molecule has 0 aliphatic heterocycles. The van der Waals surface area contributed by atoms with Crippen molar-refractivity contribution in [1.82, 2.24) is 19.1 Å². The fourth-order valence-corrected chi connectivity index (χ4v) is 6.31. The lowest BCUT2D eigenvalue weighted by molar-refractivity contribution is -0.136. The van der Waals surface area contributed by atoms with Crippen molar-refractivity contribution in [2.45, 2.75) is 39.7 Å². The molecule has 3 heterocycles. The molecule has 0 atom stereocenters. The Bertz CT molecular complexity index is 2080. The van der Waals surface area contributed by atoms with Gasteiger partial charge in [0.05, 0.1) is 39.0 Å². The highest BCUT2D eigenvalue weighted by molar-refractivity contribution is 7.22. The number of thiazole rings is 1. The minimum Gasteiger partial charge on any atom is -0.481 e. The Morgan fingerprint density at radius 2 is 1.57 bits per heavy atom. The van der Waals surface area contributed by atoms with Crippen LogP contribution >= 0.6 is 22.9 Å². The smallest absolute Gasteiger partial charge is 0.328 e. The monoisotopic (exact) mass is 628 g/mol. The van der Waals surface area contributed by atoms with Crippen LogP contribution in [0.5, 0.6) is 0 Å². The van der Waals surface area contributed by atoms with Gasteiger partial charge in [0.15, 0.2) is 0 Å². The molecule has 2 N–H and O–H groups in total. The van der Waals surface area contributed by atoms with E-state index in [1.54, 1.807) is 50.2 Å². The summed E-state index contributed by atoms with van der Waals surface area (Å²) in [6.45, 7) is 7.15. The molecule has 0 bridgehead atoms. The van der Waals surface area contributed by atoms with Crippen LogP contribution in [0.3, 0.4) is 0 Å². The predicted molar refractivity (Wildman–Crippen MR) is 178 cm³/mol. The Balaban J connectivity index is 0.000000712. The number of carbonyl (C=O) groups is 1. The zero-order valence-electron chi connectivity index (χ0n) is 25.3. The molecule has 8 nitrogen and oxygen atoms in total. The van der Waals surface area contributed by atoms with Crippen LogP contribution in [0.2, 0.25) is 5.02 Å². The number of hydrogen-bond donors (Lipinski definition) is 2. The van der Waals surface area contributed by atoms with Crippen LogP contribution < -0.4 is 5.69 Å². The first-order chi connectivity index (χ1) is 20.7. The minimum absolute atomic E-state index is 0.0765. The fourth-order valence-electron chi connectivity index (χ4n) is 5.05. The fraction of sp³-hybridized carbons (Fsp3) is 0.235. The second-order valence-electron chi connectivity index (χ2n) is 11.7. The van der Waals surface area contributed by atoms with E-state index < -0.39 is 11.6 Å². The third kappa shape index (κ3) is 6.45. The van der Waals surface area contributed by atoms with E-state index in [4.69, 9.17) is 21.7 Å². The van der Waals surface area contributed by atoms with Crippen molar-refractivity contribution in [3.8, 4) is 33.0 Å². The molecule has 3 aromatic carbocycles. The average molecular weight is 629 g/mol. The van der Waals surface area contributed by atoms with E-state index in [0.29, 0.717) is 5.02 Å². The number of aliphatic carboxylic acids is 1. The summed E-state index contributed by atoms with van der Waals surface area (Å²) in [6, 6.07) is 19.2. The number of pyridine rings is 1. The summed E-state index contributed by atoms with van der Waals surface area (Å²) in [5, 5.41) is 19.6. The van der Waals surface area contributed by atoms with Crippen LogP contribution in [-0.2, 0) is 25.3 Å². The number of fused-ring (bicyclic) bond motifs is 2. The molecule has 0 unspecified atom stereocenters. The normalized spacial score (nSPS) is 11.5. The van der Waals surface area contributed by atoms with Gasteiger partial charge in [-0.1, -0.05) is 29.8 Å². The molecule has 0 saturated carbocycles. The van der Waals surface area contributed by atoms with Gasteiger partial charge in [0, 0.05) is 42.0 Å². The lowest BCUT2D eigenvalue weighted by Crippen LogP contribution is -2.19. The Kier molecular flexibility index (Phi) is 8.49. The Morgan fingerprint density at radius 1 is 0.932 bits per heavy atom. The first kappa shape index (κ1) is 31.1. The molecule has 44 heavy (non-hydrogen) atoms. The average Bonchev–Trinajstić information content (AvgIpc) is 3.47. The maximum Gasteiger partial charge on any atom is 0.328 e. The molecule has 0 radical (unpaired) electrons. The summed E-state index contributed by atoms with van der Waals surface area (Å²) < 4.78 is 4.18. The number of aliphatic hydroxyl groups is 1. The Morgan fingerprint density at radius 3 is 2.23 bits per heavy atom. The first-order valence-corrected chi connectivity index (χ1v) is 15.2. The summed E-state index contributed by atoms with van der Waals surface area (Å²) in [6.07, 6.45) is 1.67. The van der Waals surface area contributed by atoms with Gasteiger partial charge in [-0.05, 0) is 86.8 Å². The van der Waals surface area contributed by atoms with Crippen molar-refractivity contribution in [2.75, 3.05) is 0 Å². The highest BCUT2D eigenvalue weighted by atomic mass is 35.5. The van der Waals surface area contributed by atoms with Crippen molar-refractivity contribution in [2.24, 2.45) is 14.1 Å². The lowest BCUT2D eigenvalue weighted by atomic mass is 9.93. The van der Waals surface area contributed by atoms with Gasteiger partial charge >= 0.3 is 11.7 Å². The Labute approximate surface area is 263 Å². The second kappa shape index (κ2) is 12.0. The van der Waals surface area contributed by atoms with Gasteiger partial charge in [-0.3, -0.25) is 18.9 Å². The molecule has 0 spiro atoms. The van der Waals surface area contributed by atoms with Crippen molar-refractivity contribution in [3.05, 3.63) is 93.5 Å². The van der Waals surface area contributed by atoms with Crippen LogP contribution in [0.15, 0.2) is 71.7 Å². The van der Waals surface area contributed by atoms with E-state index in [9.17, 15) is 14.7 Å². The zero-order chi connectivity index (χ0) is 31.9. The van der Waals surface area contributed by atoms with Crippen molar-refractivity contribution in [3.63, 3.8) is 0 Å². The number of rotatable bonds is 5. The molecule has 0 saturated heterocycles. The van der Waals surface area contributed by atoms with E-state index in [-0.39, 0.29) is 12.1 Å². The number of benzene rings is 3. The van der Waals surface area contributed by atoms with Crippen molar-refractivity contribution >= 4 is 50.2 Å². The molecule has 6 aromatic rings. The van der Waals surface area contributed by atoms with Crippen LogP contribution in [0.1, 0.15) is 31.9 Å². The number of aryl methyl sites for hydroxylation is 3. The lowest BCUT2D eigenvalue weighted by Gasteiger charge is -2.13. The molecule has 0 amide bonds. The molecular formula is C34H33ClN4O4S. The number of aromatic nitrogens is 4. The molecule has 3 aromatic heterocycles. The predicted octanol–water partition coefficient (Wildman–Crippen LogP) is 7.25. The summed E-state index contributed by atoms with van der Waals surface area (Å²) in [4.78, 5) is 33.7. The van der Waals surface area contributed by atoms with Crippen LogP contribution in [0.4, 0.5) is 0 Å². The maximum absolute atomic E-state index is 12.4. The van der Waals surface area contributed by atoms with Crippen molar-refractivity contribution in [1.29, 1.82) is 0 Å². The number of carboxylic acid groups (broad SMARTS) is 1. The number of imidazole rings is 1. The van der Waals surface area contributed by atoms with E-state index in [1.807, 2.05) is 67.6 Å². The summed E-state index contributed by atoms with van der Waals surface area (Å²) in [5.41, 5.74) is 7.92. The Hall–Kier alpha value is -4.31. The molecular weight excluding hydrogens is 596 g/mol. The SMILES string of the molecule is CC(C)(C)O.Cc1cc2nc(-c3ccnc(-c4ccc5c(c4)n(C)c(=O)n5C)c3)sc2c(-c2ccc(Cl)cc2)c1CC(=O)O. The van der Waals surface area contributed by atoms with Crippen molar-refractivity contribution < 1.29 is 15.0 Å². The molecule has 10 heteroatoms. The second-order valence-corrected chi connectivity index (χ2v) is 13.1. The third-order valence-electron chi connectivity index (χ3n) is 7.05. The van der Waals surface area contributed by atoms with Gasteiger partial charge in [-0.2, -0.15) is 0 Å². The van der Waals surface area contributed by atoms with E-state index >= 15 is 0 Å². The van der Waals surface area contributed by atoms with E-state index in [0.717, 1.165) is 65.3 Å². The molecule has 0 aliphatic rings. The zero-order valence-corrected chi connectivity index (χ0v) is 26.9. The standard InChI is InChI=1S/C30H23ClN4O3S.C4H10O/c1-16-12-23-28(27(21(16)15-26(36)37)17-4-7-20(31)8-5-17)39-29(33-23)19-10-11-32-22(13-19)18-6-9-24-25(14-18)35(3)30(38)34(24)2;1-4(2,3)5/h4-14H,15H2,1-3H3,(H,36,37);5H,1-3H3. The molecule has 0 aliphatic carbocycles. The van der Waals surface area contributed by atoms with E-state index in [2.05, 4.69) is 4.98 Å². The number of halogens is 1. The number of carboxylic acids is 1. The highest BCUT2D eigenvalue weighted by Crippen LogP contribution is 2.41. The largest absolute Gasteiger partial charge is 0.481 e. The quantitative estimate of drug-likeness (QED) is 0.208. The minimum atomic E-state index is -0.885. The van der Waals surface area contributed by atoms with Crippen LogP contribution in [0.25, 0.3) is 54.2 Å². The van der Waals surface area contributed by atoms with Gasteiger partial charge in [0.2, 0.25) is 0 Å². The van der Waals surface area contributed by atoms with Crippen LogP contribution in [-0.4, -0.2) is 40.9 Å². The molecule has 0 fully saturated rings. The topological polar surface area (TPSA) is 110 Å². The molecule has 226 valence electrons. The van der Waals surface area contributed by atoms with Gasteiger partial charge in [-0.25, -0.2) is 9.78 Å². The maximum atomic E-state index is 12.4.